The van der Waals surface area contributed by atoms with Crippen LogP contribution in [0.4, 0.5) is 5.69 Å². The first-order chi connectivity index (χ1) is 14.6. The molecule has 1 N–H and O–H groups in total. The van der Waals surface area contributed by atoms with E-state index in [4.69, 9.17) is 0 Å². The van der Waals surface area contributed by atoms with Gasteiger partial charge < -0.3 is 9.88 Å². The molecule has 3 aromatic rings. The Kier molecular flexibility index (Phi) is 5.72. The Morgan fingerprint density at radius 2 is 1.80 bits per heavy atom. The Bertz CT molecular complexity index is 1160. The van der Waals surface area contributed by atoms with Crippen molar-refractivity contribution in [2.75, 3.05) is 5.32 Å². The van der Waals surface area contributed by atoms with Crippen molar-refractivity contribution < 1.29 is 4.79 Å². The molecule has 1 aliphatic rings. The predicted molar refractivity (Wildman–Crippen MR) is 122 cm³/mol. The Labute approximate surface area is 177 Å². The number of carbonyl (C=O) groups is 1. The van der Waals surface area contributed by atoms with E-state index >= 15 is 0 Å². The standard InChI is InChI=1S/C26H27N3O/c1-18-14-22(19(2)29(18)25-10-4-3-5-11-25)15-23(17-27)26(30)28-24-13-12-20-8-6-7-9-21(20)16-24/h6-9,12-16,25H,3-5,10-11H2,1-2H3,(H,28,30). The molecule has 0 radical (unpaired) electrons. The van der Waals surface area contributed by atoms with Crippen molar-refractivity contribution >= 4 is 28.4 Å². The van der Waals surface area contributed by atoms with Gasteiger partial charge in [-0.3, -0.25) is 4.79 Å². The molecule has 152 valence electrons. The van der Waals surface area contributed by atoms with Gasteiger partial charge in [-0.15, -0.1) is 0 Å². The summed E-state index contributed by atoms with van der Waals surface area (Å²) < 4.78 is 2.39. The Hall–Kier alpha value is -3.32. The van der Waals surface area contributed by atoms with Gasteiger partial charge in [-0.1, -0.05) is 49.6 Å². The van der Waals surface area contributed by atoms with Crippen LogP contribution in [0, 0.1) is 25.2 Å². The number of hydrogen-bond acceptors (Lipinski definition) is 2. The van der Waals surface area contributed by atoms with Crippen LogP contribution in [0.5, 0.6) is 0 Å². The molecule has 0 unspecified atom stereocenters. The summed E-state index contributed by atoms with van der Waals surface area (Å²) in [7, 11) is 0. The fraction of sp³-hybridized carbons (Fsp3) is 0.308. The molecule has 1 aromatic heterocycles. The van der Waals surface area contributed by atoms with Gasteiger partial charge in [0.15, 0.2) is 0 Å². The van der Waals surface area contributed by atoms with Crippen LogP contribution in [-0.4, -0.2) is 10.5 Å². The van der Waals surface area contributed by atoms with E-state index in [9.17, 15) is 10.1 Å². The lowest BCUT2D eigenvalue weighted by Gasteiger charge is -2.26. The van der Waals surface area contributed by atoms with Gasteiger partial charge in [0, 0.05) is 23.1 Å². The van der Waals surface area contributed by atoms with E-state index in [0.717, 1.165) is 22.0 Å². The van der Waals surface area contributed by atoms with E-state index in [-0.39, 0.29) is 11.5 Å². The first-order valence-corrected chi connectivity index (χ1v) is 10.7. The number of benzene rings is 2. The third-order valence-electron chi connectivity index (χ3n) is 6.14. The minimum absolute atomic E-state index is 0.118. The van der Waals surface area contributed by atoms with Crippen LogP contribution in [-0.2, 0) is 4.79 Å². The van der Waals surface area contributed by atoms with E-state index in [2.05, 4.69) is 35.9 Å². The van der Waals surface area contributed by atoms with Crippen molar-refractivity contribution in [2.45, 2.75) is 52.0 Å². The summed E-state index contributed by atoms with van der Waals surface area (Å²) in [5.41, 5.74) is 4.08. The molecule has 0 saturated heterocycles. The maximum absolute atomic E-state index is 12.8. The normalized spacial score (nSPS) is 15.2. The number of aromatic nitrogens is 1. The summed E-state index contributed by atoms with van der Waals surface area (Å²) in [6.07, 6.45) is 7.98. The van der Waals surface area contributed by atoms with Crippen LogP contribution in [0.15, 0.2) is 54.1 Å². The molecule has 0 bridgehead atoms. The van der Waals surface area contributed by atoms with Gasteiger partial charge in [-0.25, -0.2) is 0 Å². The third-order valence-corrected chi connectivity index (χ3v) is 6.14. The van der Waals surface area contributed by atoms with E-state index in [0.29, 0.717) is 11.7 Å². The molecule has 1 amide bonds. The second kappa shape index (κ2) is 8.59. The lowest BCUT2D eigenvalue weighted by atomic mass is 9.95. The average molecular weight is 398 g/mol. The number of amides is 1. The second-order valence-electron chi connectivity index (χ2n) is 8.17. The van der Waals surface area contributed by atoms with E-state index in [1.807, 2.05) is 42.5 Å². The molecule has 4 nitrogen and oxygen atoms in total. The van der Waals surface area contributed by atoms with Crippen molar-refractivity contribution in [1.82, 2.24) is 4.57 Å². The SMILES string of the molecule is Cc1cc(C=C(C#N)C(=O)Nc2ccc3ccccc3c2)c(C)n1C1CCCCC1. The van der Waals surface area contributed by atoms with Gasteiger partial charge in [0.1, 0.15) is 11.6 Å². The predicted octanol–water partition coefficient (Wildman–Crippen LogP) is 6.31. The molecule has 0 atom stereocenters. The van der Waals surface area contributed by atoms with Crippen molar-refractivity contribution in [3.63, 3.8) is 0 Å². The van der Waals surface area contributed by atoms with E-state index in [1.54, 1.807) is 6.08 Å². The molecule has 0 aliphatic heterocycles. The molecule has 4 heteroatoms. The van der Waals surface area contributed by atoms with Gasteiger partial charge in [0.05, 0.1) is 0 Å². The zero-order valence-corrected chi connectivity index (χ0v) is 17.6. The summed E-state index contributed by atoms with van der Waals surface area (Å²) in [6.45, 7) is 4.20. The Balaban J connectivity index is 1.58. The zero-order valence-electron chi connectivity index (χ0n) is 17.6. The maximum Gasteiger partial charge on any atom is 0.266 e. The molecule has 4 rings (SSSR count). The maximum atomic E-state index is 12.8. The molecule has 1 heterocycles. The monoisotopic (exact) mass is 397 g/mol. The minimum atomic E-state index is -0.379. The molecule has 1 saturated carbocycles. The van der Waals surface area contributed by atoms with Crippen LogP contribution < -0.4 is 5.32 Å². The highest BCUT2D eigenvalue weighted by atomic mass is 16.1. The highest BCUT2D eigenvalue weighted by molar-refractivity contribution is 6.10. The van der Waals surface area contributed by atoms with Crippen LogP contribution in [0.1, 0.15) is 55.1 Å². The summed E-state index contributed by atoms with van der Waals surface area (Å²) in [5, 5.41) is 14.7. The smallest absolute Gasteiger partial charge is 0.266 e. The molecule has 1 aliphatic carbocycles. The number of hydrogen-bond donors (Lipinski definition) is 1. The third kappa shape index (κ3) is 4.02. The second-order valence-corrected chi connectivity index (χ2v) is 8.17. The number of rotatable bonds is 4. The highest BCUT2D eigenvalue weighted by Gasteiger charge is 2.20. The number of nitrogens with one attached hydrogen (secondary N) is 1. The molecule has 0 spiro atoms. The van der Waals surface area contributed by atoms with Crippen LogP contribution in [0.2, 0.25) is 0 Å². The number of anilines is 1. The minimum Gasteiger partial charge on any atom is -0.346 e. The number of fused-ring (bicyclic) bond motifs is 1. The van der Waals surface area contributed by atoms with Crippen LogP contribution >= 0.6 is 0 Å². The first kappa shape index (κ1) is 20.0. The number of aryl methyl sites for hydroxylation is 1. The Morgan fingerprint density at radius 1 is 1.07 bits per heavy atom. The van der Waals surface area contributed by atoms with Crippen molar-refractivity contribution in [3.05, 3.63) is 71.1 Å². The molecular formula is C26H27N3O. The number of carbonyl (C=O) groups excluding carboxylic acids is 1. The van der Waals surface area contributed by atoms with Gasteiger partial charge in [0.2, 0.25) is 0 Å². The quantitative estimate of drug-likeness (QED) is 0.414. The average Bonchev–Trinajstić information content (AvgIpc) is 3.05. The largest absolute Gasteiger partial charge is 0.346 e. The molecule has 2 aromatic carbocycles. The van der Waals surface area contributed by atoms with Crippen LogP contribution in [0.25, 0.3) is 16.8 Å². The first-order valence-electron chi connectivity index (χ1n) is 10.7. The lowest BCUT2D eigenvalue weighted by Crippen LogP contribution is -2.15. The van der Waals surface area contributed by atoms with Gasteiger partial charge >= 0.3 is 0 Å². The van der Waals surface area contributed by atoms with Crippen LogP contribution in [0.3, 0.4) is 0 Å². The van der Waals surface area contributed by atoms with Crippen molar-refractivity contribution in [3.8, 4) is 6.07 Å². The summed E-state index contributed by atoms with van der Waals surface area (Å²) in [5.74, 6) is -0.379. The fourth-order valence-electron chi connectivity index (χ4n) is 4.62. The Morgan fingerprint density at radius 3 is 2.53 bits per heavy atom. The lowest BCUT2D eigenvalue weighted by molar-refractivity contribution is -0.112. The van der Waals surface area contributed by atoms with E-state index < -0.39 is 0 Å². The van der Waals surface area contributed by atoms with Crippen molar-refractivity contribution in [1.29, 1.82) is 5.26 Å². The fourth-order valence-corrected chi connectivity index (χ4v) is 4.62. The summed E-state index contributed by atoms with van der Waals surface area (Å²) in [6, 6.07) is 18.5. The van der Waals surface area contributed by atoms with E-state index in [1.165, 1.54) is 37.8 Å². The number of nitrogens with zero attached hydrogens (tertiary/aromatic N) is 2. The molecule has 30 heavy (non-hydrogen) atoms. The summed E-state index contributed by atoms with van der Waals surface area (Å²) in [4.78, 5) is 12.8. The van der Waals surface area contributed by atoms with Gasteiger partial charge in [-0.05, 0) is 67.3 Å². The van der Waals surface area contributed by atoms with Gasteiger partial charge in [0.25, 0.3) is 5.91 Å². The van der Waals surface area contributed by atoms with Crippen molar-refractivity contribution in [2.24, 2.45) is 0 Å². The zero-order chi connectivity index (χ0) is 21.1. The topological polar surface area (TPSA) is 57.8 Å². The summed E-state index contributed by atoms with van der Waals surface area (Å²) >= 11 is 0. The highest BCUT2D eigenvalue weighted by Crippen LogP contribution is 2.32. The number of nitriles is 1. The molecule has 1 fully saturated rings. The van der Waals surface area contributed by atoms with Gasteiger partial charge in [-0.2, -0.15) is 5.26 Å². The molecular weight excluding hydrogens is 370 g/mol.